The zero-order chi connectivity index (χ0) is 23.5. The predicted octanol–water partition coefficient (Wildman–Crippen LogP) is 3.89. The molecule has 9 nitrogen and oxygen atoms in total. The highest BCUT2D eigenvalue weighted by molar-refractivity contribution is 6.04. The summed E-state index contributed by atoms with van der Waals surface area (Å²) in [4.78, 5) is 23.8. The molecule has 1 amide bonds. The van der Waals surface area contributed by atoms with Crippen molar-refractivity contribution in [3.05, 3.63) is 72.3 Å². The smallest absolute Gasteiger partial charge is 0.255 e. The molecule has 0 spiro atoms. The van der Waals surface area contributed by atoms with Crippen LogP contribution in [0.1, 0.15) is 28.8 Å². The van der Waals surface area contributed by atoms with Crippen LogP contribution >= 0.6 is 0 Å². The van der Waals surface area contributed by atoms with Gasteiger partial charge in [0.2, 0.25) is 0 Å². The molecule has 1 N–H and O–H groups in total. The van der Waals surface area contributed by atoms with Gasteiger partial charge in [-0.05, 0) is 55.7 Å². The molecule has 9 heteroatoms. The molecule has 4 heterocycles. The Morgan fingerprint density at radius 2 is 1.94 bits per heavy atom. The molecule has 3 aromatic heterocycles. The molecule has 0 saturated carbocycles. The molecule has 0 unspecified atom stereocenters. The minimum Gasteiger partial charge on any atom is -0.495 e. The molecule has 0 aliphatic carbocycles. The number of rotatable bonds is 6. The van der Waals surface area contributed by atoms with Crippen molar-refractivity contribution in [2.45, 2.75) is 19.8 Å². The molecule has 172 valence electrons. The average Bonchev–Trinajstić information content (AvgIpc) is 3.58. The predicted molar refractivity (Wildman–Crippen MR) is 130 cm³/mol. The Morgan fingerprint density at radius 1 is 1.09 bits per heavy atom. The zero-order valence-corrected chi connectivity index (χ0v) is 19.1. The summed E-state index contributed by atoms with van der Waals surface area (Å²) in [5.74, 6) is 1.31. The van der Waals surface area contributed by atoms with Gasteiger partial charge in [-0.1, -0.05) is 11.3 Å². The molecule has 1 aromatic carbocycles. The van der Waals surface area contributed by atoms with Gasteiger partial charge in [-0.3, -0.25) is 9.78 Å². The highest BCUT2D eigenvalue weighted by Gasteiger charge is 2.16. The number of nitrogens with zero attached hydrogens (tertiary/aromatic N) is 6. The first-order valence-electron chi connectivity index (χ1n) is 11.2. The minimum absolute atomic E-state index is 0.181. The molecule has 4 aromatic rings. The Morgan fingerprint density at radius 3 is 2.76 bits per heavy atom. The van der Waals surface area contributed by atoms with Crippen molar-refractivity contribution in [3.8, 4) is 22.7 Å². The number of aryl methyl sites for hydroxylation is 1. The summed E-state index contributed by atoms with van der Waals surface area (Å²) >= 11 is 0. The van der Waals surface area contributed by atoms with Crippen molar-refractivity contribution in [1.29, 1.82) is 0 Å². The van der Waals surface area contributed by atoms with Gasteiger partial charge < -0.3 is 15.0 Å². The molecule has 0 bridgehead atoms. The normalized spacial score (nSPS) is 13.2. The fraction of sp³-hybridized carbons (Fsp3) is 0.240. The topological polar surface area (TPSA) is 98.1 Å². The van der Waals surface area contributed by atoms with Crippen LogP contribution in [0.3, 0.4) is 0 Å². The first-order chi connectivity index (χ1) is 16.6. The van der Waals surface area contributed by atoms with Crippen LogP contribution in [0.2, 0.25) is 0 Å². The van der Waals surface area contributed by atoms with E-state index < -0.39 is 0 Å². The Hall–Kier alpha value is -4.27. The van der Waals surface area contributed by atoms with Crippen molar-refractivity contribution < 1.29 is 9.53 Å². The van der Waals surface area contributed by atoms with Gasteiger partial charge in [0.25, 0.3) is 5.91 Å². The minimum atomic E-state index is -0.181. The standard InChI is InChI=1S/C25H25N7O2/c1-17-5-6-20(28-25(33)18-7-8-27-24(12-18)31-9-3-4-10-31)13-23(17)32-16-22(29-30-32)19-11-21(34-2)15-26-14-19/h5-8,11-16H,3-4,9-10H2,1-2H3,(H,28,33). The van der Waals surface area contributed by atoms with E-state index in [1.807, 2.05) is 43.5 Å². The monoisotopic (exact) mass is 455 g/mol. The number of methoxy groups -OCH3 is 1. The maximum atomic E-state index is 13.0. The summed E-state index contributed by atoms with van der Waals surface area (Å²) in [7, 11) is 1.60. The fourth-order valence-corrected chi connectivity index (χ4v) is 4.00. The van der Waals surface area contributed by atoms with Crippen LogP contribution in [0.25, 0.3) is 16.9 Å². The number of benzene rings is 1. The highest BCUT2D eigenvalue weighted by atomic mass is 16.5. The van der Waals surface area contributed by atoms with Crippen molar-refractivity contribution in [2.24, 2.45) is 0 Å². The van der Waals surface area contributed by atoms with Gasteiger partial charge in [-0.25, -0.2) is 9.67 Å². The van der Waals surface area contributed by atoms with Crippen LogP contribution in [0.15, 0.2) is 61.2 Å². The fourth-order valence-electron chi connectivity index (χ4n) is 4.00. The highest BCUT2D eigenvalue weighted by Crippen LogP contribution is 2.24. The molecular weight excluding hydrogens is 430 g/mol. The number of nitrogens with one attached hydrogen (secondary N) is 1. The number of aromatic nitrogens is 5. The van der Waals surface area contributed by atoms with Crippen LogP contribution in [-0.4, -0.2) is 51.1 Å². The van der Waals surface area contributed by atoms with Crippen LogP contribution < -0.4 is 15.0 Å². The van der Waals surface area contributed by atoms with Crippen LogP contribution in [0, 0.1) is 6.92 Å². The van der Waals surface area contributed by atoms with E-state index in [1.54, 1.807) is 36.4 Å². The maximum Gasteiger partial charge on any atom is 0.255 e. The summed E-state index contributed by atoms with van der Waals surface area (Å²) < 4.78 is 6.94. The van der Waals surface area contributed by atoms with Crippen molar-refractivity contribution in [2.75, 3.05) is 30.4 Å². The van der Waals surface area contributed by atoms with Gasteiger partial charge in [-0.15, -0.1) is 5.10 Å². The number of carbonyl (C=O) groups excluding carboxylic acids is 1. The van der Waals surface area contributed by atoms with E-state index in [4.69, 9.17) is 4.74 Å². The van der Waals surface area contributed by atoms with E-state index in [0.29, 0.717) is 22.7 Å². The number of carbonyl (C=O) groups is 1. The van der Waals surface area contributed by atoms with Gasteiger partial charge in [0.15, 0.2) is 0 Å². The quantitative estimate of drug-likeness (QED) is 0.471. The first kappa shape index (κ1) is 21.6. The lowest BCUT2D eigenvalue weighted by Crippen LogP contribution is -2.20. The Bertz CT molecular complexity index is 1330. The van der Waals surface area contributed by atoms with Crippen LogP contribution in [-0.2, 0) is 0 Å². The molecule has 1 aliphatic heterocycles. The summed E-state index contributed by atoms with van der Waals surface area (Å²) in [5.41, 5.74) is 4.54. The maximum absolute atomic E-state index is 13.0. The number of hydrogen-bond donors (Lipinski definition) is 1. The molecule has 5 rings (SSSR count). The van der Waals surface area contributed by atoms with Crippen LogP contribution in [0.4, 0.5) is 11.5 Å². The largest absolute Gasteiger partial charge is 0.495 e. The lowest BCUT2D eigenvalue weighted by Gasteiger charge is -2.16. The molecule has 34 heavy (non-hydrogen) atoms. The van der Waals surface area contributed by atoms with Crippen molar-refractivity contribution in [1.82, 2.24) is 25.0 Å². The molecular formula is C25H25N7O2. The Kier molecular flexibility index (Phi) is 5.90. The number of anilines is 2. The number of ether oxygens (including phenoxy) is 1. The van der Waals surface area contributed by atoms with Crippen molar-refractivity contribution in [3.63, 3.8) is 0 Å². The number of hydrogen-bond acceptors (Lipinski definition) is 7. The van der Waals surface area contributed by atoms with Crippen LogP contribution in [0.5, 0.6) is 5.75 Å². The summed E-state index contributed by atoms with van der Waals surface area (Å²) in [5, 5.41) is 11.6. The SMILES string of the molecule is COc1cncc(-c2cn(-c3cc(NC(=O)c4ccnc(N5CCCC5)c4)ccc3C)nn2)c1. The second-order valence-corrected chi connectivity index (χ2v) is 8.21. The average molecular weight is 456 g/mol. The van der Waals surface area contributed by atoms with Gasteiger partial charge in [0, 0.05) is 42.3 Å². The summed E-state index contributed by atoms with van der Waals surface area (Å²) in [6.45, 7) is 3.94. The second kappa shape index (κ2) is 9.30. The lowest BCUT2D eigenvalue weighted by molar-refractivity contribution is 0.102. The molecule has 1 fully saturated rings. The van der Waals surface area contributed by atoms with Gasteiger partial charge >= 0.3 is 0 Å². The van der Waals surface area contributed by atoms with Crippen molar-refractivity contribution >= 4 is 17.4 Å². The third-order valence-electron chi connectivity index (χ3n) is 5.89. The van der Waals surface area contributed by atoms with Gasteiger partial charge in [0.1, 0.15) is 17.3 Å². The zero-order valence-electron chi connectivity index (χ0n) is 19.1. The number of pyridine rings is 2. The second-order valence-electron chi connectivity index (χ2n) is 8.21. The van der Waals surface area contributed by atoms with E-state index in [1.165, 1.54) is 0 Å². The van der Waals surface area contributed by atoms with Gasteiger partial charge in [-0.2, -0.15) is 0 Å². The summed E-state index contributed by atoms with van der Waals surface area (Å²) in [6, 6.07) is 11.1. The molecule has 0 radical (unpaired) electrons. The first-order valence-corrected chi connectivity index (χ1v) is 11.2. The summed E-state index contributed by atoms with van der Waals surface area (Å²) in [6.07, 6.45) is 9.18. The third kappa shape index (κ3) is 4.45. The van der Waals surface area contributed by atoms with E-state index in [2.05, 4.69) is 30.5 Å². The number of amides is 1. The lowest BCUT2D eigenvalue weighted by atomic mass is 10.1. The van der Waals surface area contributed by atoms with E-state index in [0.717, 1.165) is 48.6 Å². The molecule has 0 atom stereocenters. The van der Waals surface area contributed by atoms with E-state index >= 15 is 0 Å². The Labute approximate surface area is 197 Å². The van der Waals surface area contributed by atoms with E-state index in [-0.39, 0.29) is 5.91 Å². The Balaban J connectivity index is 1.37. The van der Waals surface area contributed by atoms with E-state index in [9.17, 15) is 4.79 Å². The van der Waals surface area contributed by atoms with Gasteiger partial charge in [0.05, 0.1) is 25.2 Å². The third-order valence-corrected chi connectivity index (χ3v) is 5.89. The molecule has 1 aliphatic rings. The molecule has 1 saturated heterocycles.